The molecule has 2 aromatic rings. The summed E-state index contributed by atoms with van der Waals surface area (Å²) in [5.74, 6) is 1.65. The van der Waals surface area contributed by atoms with Crippen LogP contribution in [0.3, 0.4) is 0 Å². The van der Waals surface area contributed by atoms with Gasteiger partial charge in [-0.3, -0.25) is 4.79 Å². The zero-order chi connectivity index (χ0) is 22.5. The van der Waals surface area contributed by atoms with Gasteiger partial charge in [0.05, 0.1) is 5.60 Å². The van der Waals surface area contributed by atoms with Gasteiger partial charge in [0.15, 0.2) is 0 Å². The second kappa shape index (κ2) is 7.84. The summed E-state index contributed by atoms with van der Waals surface area (Å²) in [6, 6.07) is 12.5. The molecule has 0 spiro atoms. The summed E-state index contributed by atoms with van der Waals surface area (Å²) in [4.78, 5) is 11.3. The van der Waals surface area contributed by atoms with Crippen LogP contribution < -0.4 is 4.74 Å². The van der Waals surface area contributed by atoms with Crippen molar-refractivity contribution >= 4 is 12.0 Å². The van der Waals surface area contributed by atoms with E-state index in [0.717, 1.165) is 44.1 Å². The number of halogens is 1. The van der Waals surface area contributed by atoms with Gasteiger partial charge in [-0.2, -0.15) is 0 Å². The summed E-state index contributed by atoms with van der Waals surface area (Å²) in [5.41, 5.74) is 2.63. The van der Waals surface area contributed by atoms with Gasteiger partial charge in [0.25, 0.3) is 0 Å². The largest absolute Gasteiger partial charge is 0.427 e. The number of hydrogen-bond acceptors (Lipinski definition) is 3. The summed E-state index contributed by atoms with van der Waals surface area (Å²) < 4.78 is 18.5. The first-order valence-electron chi connectivity index (χ1n) is 11.8. The molecule has 0 amide bonds. The Hall–Kier alpha value is -2.46. The van der Waals surface area contributed by atoms with Crippen molar-refractivity contribution in [2.45, 2.75) is 63.9 Å². The lowest BCUT2D eigenvalue weighted by atomic mass is 9.53. The molecule has 1 N–H and O–H groups in total. The molecular weight excluding hydrogens is 403 g/mol. The number of ether oxygens (including phenoxy) is 1. The number of rotatable bonds is 3. The molecule has 5 rings (SSSR count). The average molecular weight is 435 g/mol. The molecule has 4 heteroatoms. The van der Waals surface area contributed by atoms with Crippen molar-refractivity contribution in [1.82, 2.24) is 0 Å². The van der Waals surface area contributed by atoms with Gasteiger partial charge in [-0.25, -0.2) is 4.39 Å². The zero-order valence-electron chi connectivity index (χ0n) is 18.8. The standard InChI is InChI=1S/C28H31FO3/c1-18(30)32-22-8-10-23-20(17-22)5-9-25-24(23)12-14-27(2)26(25)13-16-28(27,31)15-11-19-3-6-21(29)7-4-19/h3-4,6-8,10-11,15,17,24-26,31H,5,9,12-14,16H2,1-2H3/b15-11-/t24-,25-,26+,27+,28+/m1/s1. The zero-order valence-corrected chi connectivity index (χ0v) is 18.8. The average Bonchev–Trinajstić information content (AvgIpc) is 3.04. The van der Waals surface area contributed by atoms with Gasteiger partial charge in [0.1, 0.15) is 11.6 Å². The van der Waals surface area contributed by atoms with Crippen molar-refractivity contribution in [1.29, 1.82) is 0 Å². The van der Waals surface area contributed by atoms with Crippen molar-refractivity contribution < 1.29 is 19.0 Å². The quantitative estimate of drug-likeness (QED) is 0.472. The molecule has 3 nitrogen and oxygen atoms in total. The fourth-order valence-corrected chi connectivity index (χ4v) is 6.92. The van der Waals surface area contributed by atoms with E-state index in [1.54, 1.807) is 12.1 Å². The molecule has 3 aliphatic rings. The van der Waals surface area contributed by atoms with Crippen LogP contribution in [0.1, 0.15) is 68.6 Å². The topological polar surface area (TPSA) is 46.5 Å². The highest BCUT2D eigenvalue weighted by Crippen LogP contribution is 2.64. The lowest BCUT2D eigenvalue weighted by Gasteiger charge is -2.52. The van der Waals surface area contributed by atoms with Gasteiger partial charge in [-0.05, 0) is 97.2 Å². The molecule has 0 heterocycles. The second-order valence-corrected chi connectivity index (χ2v) is 10.2. The summed E-state index contributed by atoms with van der Waals surface area (Å²) >= 11 is 0. The van der Waals surface area contributed by atoms with Crippen LogP contribution in [-0.2, 0) is 11.2 Å². The number of esters is 1. The molecule has 5 atom stereocenters. The Labute approximate surface area is 189 Å². The minimum Gasteiger partial charge on any atom is -0.427 e. The molecule has 0 bridgehead atoms. The number of fused-ring (bicyclic) bond motifs is 5. The highest BCUT2D eigenvalue weighted by atomic mass is 19.1. The lowest BCUT2D eigenvalue weighted by Crippen LogP contribution is -2.49. The summed E-state index contributed by atoms with van der Waals surface area (Å²) in [6.45, 7) is 3.71. The molecule has 0 unspecified atom stereocenters. The van der Waals surface area contributed by atoms with Gasteiger partial charge in [-0.1, -0.05) is 37.3 Å². The third-order valence-corrected chi connectivity index (χ3v) is 8.60. The Morgan fingerprint density at radius 1 is 1.12 bits per heavy atom. The summed E-state index contributed by atoms with van der Waals surface area (Å²) in [7, 11) is 0. The third kappa shape index (κ3) is 3.49. The molecule has 0 saturated heterocycles. The van der Waals surface area contributed by atoms with Crippen molar-refractivity contribution in [3.8, 4) is 5.75 Å². The molecule has 32 heavy (non-hydrogen) atoms. The van der Waals surface area contributed by atoms with E-state index in [0.29, 0.717) is 23.5 Å². The molecule has 0 radical (unpaired) electrons. The molecule has 0 aromatic heterocycles. The van der Waals surface area contributed by atoms with Crippen LogP contribution in [0.4, 0.5) is 4.39 Å². The Kier molecular flexibility index (Phi) is 5.24. The first-order valence-corrected chi connectivity index (χ1v) is 11.8. The Morgan fingerprint density at radius 3 is 2.66 bits per heavy atom. The number of aliphatic hydroxyl groups is 1. The van der Waals surface area contributed by atoms with Crippen LogP contribution in [-0.4, -0.2) is 16.7 Å². The molecule has 3 aliphatic carbocycles. The number of aryl methyl sites for hydroxylation is 1. The van der Waals surface area contributed by atoms with Crippen molar-refractivity contribution in [3.05, 3.63) is 71.0 Å². The van der Waals surface area contributed by atoms with E-state index < -0.39 is 5.60 Å². The third-order valence-electron chi connectivity index (χ3n) is 8.60. The second-order valence-electron chi connectivity index (χ2n) is 10.2. The van der Waals surface area contributed by atoms with E-state index in [-0.39, 0.29) is 17.2 Å². The monoisotopic (exact) mass is 434 g/mol. The van der Waals surface area contributed by atoms with Crippen LogP contribution in [0.5, 0.6) is 5.75 Å². The number of hydrogen-bond donors (Lipinski definition) is 1. The molecule has 2 fully saturated rings. The maximum atomic E-state index is 13.2. The Morgan fingerprint density at radius 2 is 1.91 bits per heavy atom. The van der Waals surface area contributed by atoms with E-state index in [4.69, 9.17) is 4.74 Å². The van der Waals surface area contributed by atoms with Gasteiger partial charge >= 0.3 is 5.97 Å². The maximum Gasteiger partial charge on any atom is 0.308 e. The smallest absolute Gasteiger partial charge is 0.308 e. The predicted octanol–water partition coefficient (Wildman–Crippen LogP) is 6.05. The van der Waals surface area contributed by atoms with Crippen molar-refractivity contribution in [2.75, 3.05) is 0 Å². The van der Waals surface area contributed by atoms with E-state index in [1.165, 1.54) is 30.2 Å². The summed E-state index contributed by atoms with van der Waals surface area (Å²) in [5, 5.41) is 11.8. The highest BCUT2D eigenvalue weighted by molar-refractivity contribution is 5.69. The Bertz CT molecular complexity index is 1060. The van der Waals surface area contributed by atoms with E-state index >= 15 is 0 Å². The lowest BCUT2D eigenvalue weighted by molar-refractivity contribution is -0.131. The maximum absolute atomic E-state index is 13.2. The fraction of sp³-hybridized carbons (Fsp3) is 0.464. The minimum atomic E-state index is -0.837. The molecular formula is C28H31FO3. The van der Waals surface area contributed by atoms with E-state index in [2.05, 4.69) is 13.0 Å². The first kappa shape index (κ1) is 21.4. The molecule has 168 valence electrons. The first-order chi connectivity index (χ1) is 15.3. The normalized spacial score (nSPS) is 33.4. The van der Waals surface area contributed by atoms with Crippen LogP contribution in [0.15, 0.2) is 48.5 Å². The number of benzene rings is 2. The van der Waals surface area contributed by atoms with Crippen molar-refractivity contribution in [2.24, 2.45) is 17.3 Å². The van der Waals surface area contributed by atoms with Gasteiger partial charge in [-0.15, -0.1) is 0 Å². The van der Waals surface area contributed by atoms with E-state index in [1.807, 2.05) is 24.3 Å². The predicted molar refractivity (Wildman–Crippen MR) is 123 cm³/mol. The van der Waals surface area contributed by atoms with Gasteiger partial charge < -0.3 is 9.84 Å². The van der Waals surface area contributed by atoms with Crippen LogP contribution in [0, 0.1) is 23.1 Å². The highest BCUT2D eigenvalue weighted by Gasteiger charge is 2.60. The van der Waals surface area contributed by atoms with Crippen LogP contribution in [0.25, 0.3) is 6.08 Å². The van der Waals surface area contributed by atoms with E-state index in [9.17, 15) is 14.3 Å². The number of carbonyl (C=O) groups excluding carboxylic acids is 1. The van der Waals surface area contributed by atoms with Crippen molar-refractivity contribution in [3.63, 3.8) is 0 Å². The molecule has 2 saturated carbocycles. The van der Waals surface area contributed by atoms with Crippen LogP contribution in [0.2, 0.25) is 0 Å². The fourth-order valence-electron chi connectivity index (χ4n) is 6.92. The Balaban J connectivity index is 1.39. The SMILES string of the molecule is CC(=O)Oc1ccc2c(c1)CC[C@@H]1[C@@H]2CC[C@@]2(C)[C@H]1CC[C@@]2(O)/C=C\c1ccc(F)cc1. The van der Waals surface area contributed by atoms with Crippen LogP contribution >= 0.6 is 0 Å². The molecule has 2 aromatic carbocycles. The minimum absolute atomic E-state index is 0.153. The van der Waals surface area contributed by atoms with Gasteiger partial charge in [0.2, 0.25) is 0 Å². The summed E-state index contributed by atoms with van der Waals surface area (Å²) in [6.07, 6.45) is 9.87. The molecule has 0 aliphatic heterocycles. The number of carbonyl (C=O) groups is 1. The van der Waals surface area contributed by atoms with Gasteiger partial charge in [0, 0.05) is 12.3 Å².